The van der Waals surface area contributed by atoms with Gasteiger partial charge in [-0.25, -0.2) is 14.4 Å². The highest BCUT2D eigenvalue weighted by atomic mass is 16.6. The molecule has 1 aromatic carbocycles. The van der Waals surface area contributed by atoms with Crippen LogP contribution in [0, 0.1) is 0 Å². The summed E-state index contributed by atoms with van der Waals surface area (Å²) < 4.78 is 19.9. The Balaban J connectivity index is 3.09. The zero-order valence-electron chi connectivity index (χ0n) is 15.9. The van der Waals surface area contributed by atoms with Crippen molar-refractivity contribution in [2.45, 2.75) is 32.8 Å². The highest BCUT2D eigenvalue weighted by Crippen LogP contribution is 2.27. The number of hydrogen-bond donors (Lipinski definition) is 1. The summed E-state index contributed by atoms with van der Waals surface area (Å²) in [6.45, 7) is 5.47. The molecular formula is C18H25NO7. The van der Waals surface area contributed by atoms with Crippen molar-refractivity contribution in [1.29, 1.82) is 0 Å². The summed E-state index contributed by atoms with van der Waals surface area (Å²) in [5.41, 5.74) is -0.0743. The third-order valence-corrected chi connectivity index (χ3v) is 3.31. The van der Waals surface area contributed by atoms with Gasteiger partial charge in [0.2, 0.25) is 0 Å². The minimum atomic E-state index is -0.718. The second-order valence-corrected chi connectivity index (χ2v) is 6.34. The molecule has 8 nitrogen and oxygen atoms in total. The van der Waals surface area contributed by atoms with E-state index < -0.39 is 23.6 Å². The molecule has 0 bridgehead atoms. The first-order valence-corrected chi connectivity index (χ1v) is 7.98. The fourth-order valence-corrected chi connectivity index (χ4v) is 2.26. The highest BCUT2D eigenvalue weighted by Gasteiger charge is 2.26. The monoisotopic (exact) mass is 367 g/mol. The third kappa shape index (κ3) is 5.65. The number of alkyl carbamates (subject to hydrolysis) is 1. The molecule has 0 radical (unpaired) electrons. The van der Waals surface area contributed by atoms with Gasteiger partial charge < -0.3 is 24.3 Å². The van der Waals surface area contributed by atoms with Crippen LogP contribution in [0.5, 0.6) is 5.75 Å². The molecule has 0 aliphatic carbocycles. The van der Waals surface area contributed by atoms with Crippen LogP contribution < -0.4 is 10.1 Å². The molecule has 0 aromatic heterocycles. The zero-order valence-corrected chi connectivity index (χ0v) is 15.9. The first-order chi connectivity index (χ1) is 12.1. The Morgan fingerprint density at radius 3 is 2.04 bits per heavy atom. The Morgan fingerprint density at radius 1 is 0.962 bits per heavy atom. The van der Waals surface area contributed by atoms with Crippen LogP contribution in [0.4, 0.5) is 4.79 Å². The predicted octanol–water partition coefficient (Wildman–Crippen LogP) is 2.34. The molecule has 0 unspecified atom stereocenters. The van der Waals surface area contributed by atoms with Gasteiger partial charge in [0.05, 0.1) is 26.9 Å². The lowest BCUT2D eigenvalue weighted by molar-refractivity contribution is 0.0526. The maximum absolute atomic E-state index is 12.2. The lowest BCUT2D eigenvalue weighted by Gasteiger charge is -2.20. The number of benzene rings is 1. The van der Waals surface area contributed by atoms with E-state index in [0.717, 1.165) is 0 Å². The summed E-state index contributed by atoms with van der Waals surface area (Å²) in [5, 5.41) is 2.60. The van der Waals surface area contributed by atoms with Crippen LogP contribution in [0.1, 0.15) is 47.1 Å². The van der Waals surface area contributed by atoms with E-state index in [1.807, 2.05) is 0 Å². The molecule has 0 saturated heterocycles. The number of carbonyl (C=O) groups is 3. The summed E-state index contributed by atoms with van der Waals surface area (Å²) in [5.74, 6) is -1.22. The first kappa shape index (κ1) is 21.3. The molecule has 144 valence electrons. The molecule has 1 N–H and O–H groups in total. The average molecular weight is 367 g/mol. The molecule has 1 amide bonds. The number of nitrogens with one attached hydrogen (secondary N) is 1. The van der Waals surface area contributed by atoms with Crippen molar-refractivity contribution in [2.75, 3.05) is 27.9 Å². The molecule has 0 fully saturated rings. The normalized spacial score (nSPS) is 10.7. The number of methoxy groups -OCH3 is 3. The number of rotatable bonds is 6. The SMILES string of the molecule is COC(=O)c1c(CCNC(=O)OC(C)(C)C)ccc(OC)c1C(=O)OC. The topological polar surface area (TPSA) is 100 Å². The summed E-state index contributed by atoms with van der Waals surface area (Å²) in [6, 6.07) is 3.19. The quantitative estimate of drug-likeness (QED) is 0.608. The Hall–Kier alpha value is -2.77. The molecule has 1 aromatic rings. The van der Waals surface area contributed by atoms with Gasteiger partial charge in [0.1, 0.15) is 16.9 Å². The number of ether oxygens (including phenoxy) is 4. The highest BCUT2D eigenvalue weighted by molar-refractivity contribution is 6.06. The fraction of sp³-hybridized carbons (Fsp3) is 0.500. The Kier molecular flexibility index (Phi) is 7.42. The molecule has 8 heteroatoms. The Bertz CT molecular complexity index is 677. The van der Waals surface area contributed by atoms with Gasteiger partial charge in [0.25, 0.3) is 0 Å². The smallest absolute Gasteiger partial charge is 0.407 e. The molecule has 0 atom stereocenters. The lowest BCUT2D eigenvalue weighted by Crippen LogP contribution is -2.33. The molecule has 0 aliphatic heterocycles. The number of hydrogen-bond acceptors (Lipinski definition) is 7. The second-order valence-electron chi connectivity index (χ2n) is 6.34. The van der Waals surface area contributed by atoms with Crippen LogP contribution in [0.15, 0.2) is 12.1 Å². The van der Waals surface area contributed by atoms with Gasteiger partial charge >= 0.3 is 18.0 Å². The van der Waals surface area contributed by atoms with E-state index in [-0.39, 0.29) is 29.8 Å². The van der Waals surface area contributed by atoms with Crippen LogP contribution in [0.2, 0.25) is 0 Å². The third-order valence-electron chi connectivity index (χ3n) is 3.31. The van der Waals surface area contributed by atoms with Crippen LogP contribution in [0.3, 0.4) is 0 Å². The van der Waals surface area contributed by atoms with Crippen LogP contribution in [0.25, 0.3) is 0 Å². The average Bonchev–Trinajstić information content (AvgIpc) is 2.58. The minimum Gasteiger partial charge on any atom is -0.496 e. The molecule has 26 heavy (non-hydrogen) atoms. The Labute approximate surface area is 152 Å². The fourth-order valence-electron chi connectivity index (χ4n) is 2.26. The van der Waals surface area contributed by atoms with E-state index in [1.54, 1.807) is 32.9 Å². The standard InChI is InChI=1S/C18H25NO7/c1-18(2,3)26-17(22)19-10-9-11-7-8-12(23-4)14(16(21)25-6)13(11)15(20)24-5/h7-8H,9-10H2,1-6H3,(H,19,22). The van der Waals surface area contributed by atoms with Gasteiger partial charge in [-0.05, 0) is 38.8 Å². The predicted molar refractivity (Wildman–Crippen MR) is 93.6 cm³/mol. The van der Waals surface area contributed by atoms with Crippen molar-refractivity contribution in [3.8, 4) is 5.75 Å². The largest absolute Gasteiger partial charge is 0.496 e. The van der Waals surface area contributed by atoms with Gasteiger partial charge in [0.15, 0.2) is 0 Å². The number of esters is 2. The van der Waals surface area contributed by atoms with Gasteiger partial charge in [0, 0.05) is 6.54 Å². The summed E-state index contributed by atoms with van der Waals surface area (Å²) in [4.78, 5) is 36.1. The maximum Gasteiger partial charge on any atom is 0.407 e. The van der Waals surface area contributed by atoms with Crippen molar-refractivity contribution >= 4 is 18.0 Å². The molecule has 0 heterocycles. The first-order valence-electron chi connectivity index (χ1n) is 7.98. The zero-order chi connectivity index (χ0) is 19.9. The molecule has 0 spiro atoms. The molecule has 1 rings (SSSR count). The van der Waals surface area contributed by atoms with Crippen molar-refractivity contribution < 1.29 is 33.3 Å². The van der Waals surface area contributed by atoms with Crippen LogP contribution in [-0.2, 0) is 20.6 Å². The second kappa shape index (κ2) is 9.07. The summed E-state index contributed by atoms with van der Waals surface area (Å²) >= 11 is 0. The minimum absolute atomic E-state index is 0.0170. The molecule has 0 aliphatic rings. The van der Waals surface area contributed by atoms with E-state index >= 15 is 0 Å². The number of carbonyl (C=O) groups excluding carboxylic acids is 3. The van der Waals surface area contributed by atoms with Crippen molar-refractivity contribution in [2.24, 2.45) is 0 Å². The van der Waals surface area contributed by atoms with Crippen LogP contribution in [-0.4, -0.2) is 51.5 Å². The van der Waals surface area contributed by atoms with Gasteiger partial charge in [-0.1, -0.05) is 6.07 Å². The van der Waals surface area contributed by atoms with Crippen molar-refractivity contribution in [1.82, 2.24) is 5.32 Å². The van der Waals surface area contributed by atoms with E-state index in [0.29, 0.717) is 5.56 Å². The lowest BCUT2D eigenvalue weighted by atomic mass is 9.97. The van der Waals surface area contributed by atoms with Gasteiger partial charge in [-0.3, -0.25) is 0 Å². The summed E-state index contributed by atoms with van der Waals surface area (Å²) in [7, 11) is 3.80. The van der Waals surface area contributed by atoms with Gasteiger partial charge in [-0.2, -0.15) is 0 Å². The van der Waals surface area contributed by atoms with Crippen LogP contribution >= 0.6 is 0 Å². The number of amides is 1. The van der Waals surface area contributed by atoms with Crippen molar-refractivity contribution in [3.63, 3.8) is 0 Å². The van der Waals surface area contributed by atoms with E-state index in [2.05, 4.69) is 5.32 Å². The Morgan fingerprint density at radius 2 is 1.54 bits per heavy atom. The molecule has 0 saturated carbocycles. The van der Waals surface area contributed by atoms with E-state index in [9.17, 15) is 14.4 Å². The summed E-state index contributed by atoms with van der Waals surface area (Å²) in [6.07, 6.45) is -0.295. The van der Waals surface area contributed by atoms with Crippen molar-refractivity contribution in [3.05, 3.63) is 28.8 Å². The molecular weight excluding hydrogens is 342 g/mol. The van der Waals surface area contributed by atoms with Gasteiger partial charge in [-0.15, -0.1) is 0 Å². The van der Waals surface area contributed by atoms with E-state index in [4.69, 9.17) is 18.9 Å². The maximum atomic E-state index is 12.2. The van der Waals surface area contributed by atoms with E-state index in [1.165, 1.54) is 21.3 Å².